The molecule has 0 spiro atoms. The van der Waals surface area contributed by atoms with Gasteiger partial charge in [-0.2, -0.15) is 0 Å². The molecule has 0 unspecified atom stereocenters. The van der Waals surface area contributed by atoms with Gasteiger partial charge in [-0.05, 0) is 6.16 Å². The summed E-state index contributed by atoms with van der Waals surface area (Å²) in [5, 5.41) is 16.7. The Balaban J connectivity index is -0.00000000450. The van der Waals surface area contributed by atoms with Crippen LogP contribution in [0.3, 0.4) is 0 Å². The predicted molar refractivity (Wildman–Crippen MR) is 18.4 cm³/mol. The van der Waals surface area contributed by atoms with Crippen LogP contribution in [-0.4, -0.2) is 66.0 Å². The Morgan fingerprint density at radius 3 is 1.11 bits per heavy atom. The molecule has 0 atom stereocenters. The molecule has 0 aliphatic carbocycles. The van der Waals surface area contributed by atoms with Gasteiger partial charge in [0.1, 0.15) is 0 Å². The van der Waals surface area contributed by atoms with Crippen LogP contribution in [0.15, 0.2) is 0 Å². The van der Waals surface area contributed by atoms with E-state index in [1.807, 2.05) is 0 Å². The van der Waals surface area contributed by atoms with Gasteiger partial charge in [-0.25, -0.2) is 0 Å². The van der Waals surface area contributed by atoms with Crippen molar-refractivity contribution < 1.29 is 75.7 Å². The molecule has 8 heteroatoms. The Hall–Kier alpha value is 2.38. The van der Waals surface area contributed by atoms with Crippen molar-refractivity contribution in [3.05, 3.63) is 0 Å². The first-order chi connectivity index (χ1) is 1.73. The summed E-state index contributed by atoms with van der Waals surface area (Å²) in [6.07, 6.45) is -2.33. The Labute approximate surface area is 128 Å². The minimum absolute atomic E-state index is 0. The molecule has 0 fully saturated rings. The number of carbonyl (C=O) groups excluding carboxylic acids is 1. The number of hydrogen-bond acceptors (Lipinski definition) is 3. The first-order valence-corrected chi connectivity index (χ1v) is 0.612. The summed E-state index contributed by atoms with van der Waals surface area (Å²) in [6, 6.07) is 0. The van der Waals surface area contributed by atoms with Crippen molar-refractivity contribution in [2.75, 3.05) is 0 Å². The summed E-state index contributed by atoms with van der Waals surface area (Å²) in [5.74, 6) is 0. The summed E-state index contributed by atoms with van der Waals surface area (Å²) >= 11 is 0. The van der Waals surface area contributed by atoms with Crippen molar-refractivity contribution in [3.8, 4) is 0 Å². The average Bonchev–Trinajstić information content (AvgIpc) is 0.811. The quantitative estimate of drug-likeness (QED) is 0.390. The largest absolute Gasteiger partial charge is 3.00 e. The number of hydrogen-bond donors (Lipinski definition) is 0. The average molecular weight is 386 g/mol. The molecule has 1 radical (unpaired) electrons. The zero-order valence-electron chi connectivity index (χ0n) is 4.31. The van der Waals surface area contributed by atoms with Crippen LogP contribution < -0.4 is 10.2 Å². The van der Waals surface area contributed by atoms with Crippen molar-refractivity contribution >= 4 is 55.0 Å². The Kier molecular flexibility index (Phi) is 148. The van der Waals surface area contributed by atoms with E-state index in [0.29, 0.717) is 0 Å². The standard InChI is InChI=1S/CH2O3.Ba.Cu.2H2O.Y/c2-1(3)4;;;;;/h(H2,2,3,4);;;2*1H2;/q;+2;;;;+3/p-2. The molecule has 0 heterocycles. The summed E-state index contributed by atoms with van der Waals surface area (Å²) in [7, 11) is 0. The predicted octanol–water partition coefficient (Wildman–Crippen LogP) is -4.48. The SMILES string of the molecule is O.O.O=C([O-])[O-].[Ba+2].[Cu].[Y+3]. The third-order valence-corrected chi connectivity index (χ3v) is 0. The number of carboxylic acid groups (broad SMARTS) is 2. The molecular formula is CH4BaCuO5Y+3. The molecule has 9 heavy (non-hydrogen) atoms. The van der Waals surface area contributed by atoms with Crippen LogP contribution in [0.5, 0.6) is 0 Å². The van der Waals surface area contributed by atoms with E-state index < -0.39 is 6.16 Å². The van der Waals surface area contributed by atoms with E-state index in [1.54, 1.807) is 0 Å². The van der Waals surface area contributed by atoms with Crippen molar-refractivity contribution in [2.24, 2.45) is 0 Å². The second-order valence-corrected chi connectivity index (χ2v) is 0.250. The van der Waals surface area contributed by atoms with Gasteiger partial charge in [-0.15, -0.1) is 0 Å². The van der Waals surface area contributed by atoms with Crippen LogP contribution in [-0.2, 0) is 49.8 Å². The van der Waals surface area contributed by atoms with Crippen molar-refractivity contribution in [2.45, 2.75) is 0 Å². The fraction of sp³-hybridized carbons (Fsp3) is 0. The van der Waals surface area contributed by atoms with Crippen LogP contribution >= 0.6 is 0 Å². The normalized spacial score (nSPS) is 2.67. The molecule has 0 saturated heterocycles. The van der Waals surface area contributed by atoms with E-state index in [2.05, 4.69) is 0 Å². The third-order valence-electron chi connectivity index (χ3n) is 0. The van der Waals surface area contributed by atoms with E-state index in [1.165, 1.54) is 0 Å². The first kappa shape index (κ1) is 42.3. The number of carbonyl (C=O) groups is 1. The Bertz CT molecular complexity index is 39.9. The maximum Gasteiger partial charge on any atom is 3.00 e. The van der Waals surface area contributed by atoms with E-state index in [4.69, 9.17) is 15.0 Å². The van der Waals surface area contributed by atoms with Gasteiger partial charge >= 0.3 is 81.6 Å². The van der Waals surface area contributed by atoms with Crippen molar-refractivity contribution in [3.63, 3.8) is 0 Å². The molecule has 51 valence electrons. The minimum atomic E-state index is -2.33. The molecule has 0 bridgehead atoms. The van der Waals surface area contributed by atoms with E-state index in [9.17, 15) is 0 Å². The fourth-order valence-electron chi connectivity index (χ4n) is 0. The molecule has 4 N–H and O–H groups in total. The molecule has 0 aliphatic rings. The van der Waals surface area contributed by atoms with Gasteiger partial charge in [-0.1, -0.05) is 0 Å². The van der Waals surface area contributed by atoms with Crippen molar-refractivity contribution in [1.29, 1.82) is 0 Å². The van der Waals surface area contributed by atoms with E-state index in [-0.39, 0.29) is 110 Å². The summed E-state index contributed by atoms with van der Waals surface area (Å²) in [5.41, 5.74) is 0. The second-order valence-electron chi connectivity index (χ2n) is 0.250. The molecule has 0 aromatic rings. The maximum atomic E-state index is 8.33. The molecule has 5 nitrogen and oxygen atoms in total. The van der Waals surface area contributed by atoms with Gasteiger partial charge < -0.3 is 26.0 Å². The topological polar surface area (TPSA) is 126 Å². The zero-order valence-corrected chi connectivity index (χ0v) is 12.5. The van der Waals surface area contributed by atoms with Crippen LogP contribution in [0.25, 0.3) is 0 Å². The summed E-state index contributed by atoms with van der Waals surface area (Å²) in [6.45, 7) is 0. The fourth-order valence-corrected chi connectivity index (χ4v) is 0. The van der Waals surface area contributed by atoms with Gasteiger partial charge in [0.2, 0.25) is 0 Å². The monoisotopic (exact) mass is 386 g/mol. The van der Waals surface area contributed by atoms with Gasteiger partial charge in [0.05, 0.1) is 0 Å². The van der Waals surface area contributed by atoms with Gasteiger partial charge in [0, 0.05) is 17.1 Å². The summed E-state index contributed by atoms with van der Waals surface area (Å²) < 4.78 is 0. The molecule has 0 saturated carbocycles. The van der Waals surface area contributed by atoms with Gasteiger partial charge in [0.15, 0.2) is 0 Å². The molecule has 0 amide bonds. The van der Waals surface area contributed by atoms with Gasteiger partial charge in [0.25, 0.3) is 0 Å². The molecular weight excluding hydrogens is 382 g/mol. The minimum Gasteiger partial charge on any atom is -0.652 e. The van der Waals surface area contributed by atoms with Crippen LogP contribution in [0.4, 0.5) is 4.79 Å². The van der Waals surface area contributed by atoms with Crippen LogP contribution in [0.2, 0.25) is 0 Å². The second kappa shape index (κ2) is 31.5. The smallest absolute Gasteiger partial charge is 0.652 e. The molecule has 0 aromatic carbocycles. The third kappa shape index (κ3) is 128. The molecule has 0 rings (SSSR count). The summed E-state index contributed by atoms with van der Waals surface area (Å²) in [4.78, 5) is 8.33. The Morgan fingerprint density at radius 2 is 1.11 bits per heavy atom. The maximum absolute atomic E-state index is 8.33. The molecule has 0 aromatic heterocycles. The van der Waals surface area contributed by atoms with Crippen LogP contribution in [0, 0.1) is 0 Å². The van der Waals surface area contributed by atoms with E-state index in [0.717, 1.165) is 0 Å². The van der Waals surface area contributed by atoms with E-state index >= 15 is 0 Å². The Morgan fingerprint density at radius 1 is 1.11 bits per heavy atom. The van der Waals surface area contributed by atoms with Crippen molar-refractivity contribution in [1.82, 2.24) is 0 Å². The number of rotatable bonds is 0. The van der Waals surface area contributed by atoms with Gasteiger partial charge in [-0.3, -0.25) is 0 Å². The van der Waals surface area contributed by atoms with Crippen LogP contribution in [0.1, 0.15) is 0 Å². The zero-order chi connectivity index (χ0) is 3.58. The first-order valence-electron chi connectivity index (χ1n) is 0.612. The molecule has 0 aliphatic heterocycles.